The summed E-state index contributed by atoms with van der Waals surface area (Å²) < 4.78 is 0. The van der Waals surface area contributed by atoms with Crippen molar-refractivity contribution in [3.05, 3.63) is 52.9 Å². The molecule has 0 fully saturated rings. The predicted octanol–water partition coefficient (Wildman–Crippen LogP) is 3.30. The third-order valence-electron chi connectivity index (χ3n) is 2.86. The first-order chi connectivity index (χ1) is 8.25. The molecule has 0 atom stereocenters. The van der Waals surface area contributed by atoms with E-state index >= 15 is 0 Å². The van der Waals surface area contributed by atoms with Gasteiger partial charge in [-0.05, 0) is 11.6 Å². The Morgan fingerprint density at radius 1 is 1.18 bits per heavy atom. The Morgan fingerprint density at radius 2 is 1.94 bits per heavy atom. The number of hydrogen-bond donors (Lipinski definition) is 1. The number of Topliss-reactive ketones (excluding diaryl/α,β-unsaturated/α-hetero) is 1. The van der Waals surface area contributed by atoms with E-state index in [2.05, 4.69) is 0 Å². The molecule has 3 heteroatoms. The van der Waals surface area contributed by atoms with Crippen LogP contribution in [0.5, 0.6) is 0 Å². The minimum atomic E-state index is 0.160. The van der Waals surface area contributed by atoms with Gasteiger partial charge in [-0.25, -0.2) is 0 Å². The van der Waals surface area contributed by atoms with E-state index in [4.69, 9.17) is 5.73 Å². The van der Waals surface area contributed by atoms with E-state index in [1.165, 1.54) is 0 Å². The molecular weight excluding hydrogens is 230 g/mol. The van der Waals surface area contributed by atoms with Gasteiger partial charge in [0, 0.05) is 22.6 Å². The normalized spacial score (nSPS) is 14.4. The number of carbonyl (C=O) groups excluding carboxylic acids is 1. The lowest BCUT2D eigenvalue weighted by Gasteiger charge is -2.07. The third kappa shape index (κ3) is 1.68. The van der Waals surface area contributed by atoms with Crippen molar-refractivity contribution in [2.45, 2.75) is 6.42 Å². The zero-order chi connectivity index (χ0) is 11.8. The Labute approximate surface area is 103 Å². The number of rotatable bonds is 1. The van der Waals surface area contributed by atoms with E-state index in [-0.39, 0.29) is 5.78 Å². The summed E-state index contributed by atoms with van der Waals surface area (Å²) in [7, 11) is 0. The minimum Gasteiger partial charge on any atom is -0.398 e. The van der Waals surface area contributed by atoms with Crippen molar-refractivity contribution in [2.24, 2.45) is 5.73 Å². The van der Waals surface area contributed by atoms with E-state index in [0.29, 0.717) is 6.42 Å². The molecule has 1 aromatic carbocycles. The Bertz CT molecular complexity index is 610. The third-order valence-corrected chi connectivity index (χ3v) is 4.09. The van der Waals surface area contributed by atoms with Crippen LogP contribution in [-0.2, 0) is 0 Å². The van der Waals surface area contributed by atoms with Gasteiger partial charge in [0.1, 0.15) is 0 Å². The first-order valence-corrected chi connectivity index (χ1v) is 6.26. The Kier molecular flexibility index (Phi) is 2.34. The van der Waals surface area contributed by atoms with Gasteiger partial charge in [0.2, 0.25) is 0 Å². The second kappa shape index (κ2) is 3.86. The van der Waals surface area contributed by atoms with Crippen molar-refractivity contribution in [2.75, 3.05) is 0 Å². The summed E-state index contributed by atoms with van der Waals surface area (Å²) in [6.07, 6.45) is 2.22. The monoisotopic (exact) mass is 241 g/mol. The fourth-order valence-electron chi connectivity index (χ4n) is 1.96. The summed E-state index contributed by atoms with van der Waals surface area (Å²) >= 11 is 1.59. The van der Waals surface area contributed by atoms with E-state index < -0.39 is 0 Å². The van der Waals surface area contributed by atoms with E-state index in [1.807, 2.05) is 36.4 Å². The van der Waals surface area contributed by atoms with E-state index in [0.717, 1.165) is 26.6 Å². The van der Waals surface area contributed by atoms with Crippen LogP contribution in [0.15, 0.2) is 42.5 Å². The first kappa shape index (κ1) is 10.3. The zero-order valence-corrected chi connectivity index (χ0v) is 9.96. The maximum Gasteiger partial charge on any atom is 0.168 e. The minimum absolute atomic E-state index is 0.160. The van der Waals surface area contributed by atoms with Gasteiger partial charge in [-0.1, -0.05) is 36.4 Å². The largest absolute Gasteiger partial charge is 0.398 e. The lowest BCUT2D eigenvalue weighted by Crippen LogP contribution is -2.08. The molecule has 17 heavy (non-hydrogen) atoms. The van der Waals surface area contributed by atoms with Crippen LogP contribution in [0, 0.1) is 0 Å². The highest BCUT2D eigenvalue weighted by Gasteiger charge is 2.21. The van der Waals surface area contributed by atoms with Gasteiger partial charge in [-0.15, -0.1) is 11.3 Å². The average Bonchev–Trinajstić information content (AvgIpc) is 2.81. The summed E-state index contributed by atoms with van der Waals surface area (Å²) in [5.74, 6) is 0.160. The maximum atomic E-state index is 11.8. The predicted molar refractivity (Wildman–Crippen MR) is 70.9 cm³/mol. The number of fused-ring (bicyclic) bond motifs is 1. The van der Waals surface area contributed by atoms with E-state index in [9.17, 15) is 4.79 Å². The van der Waals surface area contributed by atoms with Crippen LogP contribution in [0.2, 0.25) is 0 Å². The van der Waals surface area contributed by atoms with Crippen LogP contribution < -0.4 is 5.73 Å². The number of allylic oxidation sites excluding steroid dienone is 1. The van der Waals surface area contributed by atoms with Gasteiger partial charge in [0.15, 0.2) is 5.78 Å². The molecule has 1 aromatic heterocycles. The maximum absolute atomic E-state index is 11.8. The molecule has 1 aliphatic carbocycles. The molecule has 0 saturated carbocycles. The number of carbonyl (C=O) groups is 1. The van der Waals surface area contributed by atoms with Gasteiger partial charge >= 0.3 is 0 Å². The number of hydrogen-bond acceptors (Lipinski definition) is 3. The van der Waals surface area contributed by atoms with Crippen molar-refractivity contribution < 1.29 is 4.79 Å². The lowest BCUT2D eigenvalue weighted by atomic mass is 10.0. The number of nitrogens with two attached hydrogens (primary N) is 1. The summed E-state index contributed by atoms with van der Waals surface area (Å²) in [6.45, 7) is 0. The molecule has 2 aromatic rings. The Balaban J connectivity index is 2.15. The van der Waals surface area contributed by atoms with Crippen molar-refractivity contribution in [3.63, 3.8) is 0 Å². The SMILES string of the molecule is NC1=CCC(=O)c2cc(-c3ccccc3)sc21. The molecule has 3 rings (SSSR count). The number of ketones is 1. The quantitative estimate of drug-likeness (QED) is 0.832. The van der Waals surface area contributed by atoms with Crippen molar-refractivity contribution in [1.82, 2.24) is 0 Å². The number of thiophene rings is 1. The zero-order valence-electron chi connectivity index (χ0n) is 9.14. The molecule has 0 unspecified atom stereocenters. The second-order valence-corrected chi connectivity index (χ2v) is 5.06. The molecular formula is C14H11NOS. The molecule has 2 N–H and O–H groups in total. The lowest BCUT2D eigenvalue weighted by molar-refractivity contribution is 0.0994. The van der Waals surface area contributed by atoms with Gasteiger partial charge in [-0.3, -0.25) is 4.79 Å². The first-order valence-electron chi connectivity index (χ1n) is 5.44. The van der Waals surface area contributed by atoms with Crippen LogP contribution in [0.4, 0.5) is 0 Å². The van der Waals surface area contributed by atoms with Crippen LogP contribution in [0.3, 0.4) is 0 Å². The van der Waals surface area contributed by atoms with Gasteiger partial charge in [-0.2, -0.15) is 0 Å². The molecule has 1 heterocycles. The summed E-state index contributed by atoms with van der Waals surface area (Å²) in [6, 6.07) is 12.0. The van der Waals surface area contributed by atoms with Crippen LogP contribution in [0.25, 0.3) is 16.1 Å². The van der Waals surface area contributed by atoms with Crippen LogP contribution in [0.1, 0.15) is 21.7 Å². The summed E-state index contributed by atoms with van der Waals surface area (Å²) in [5.41, 5.74) is 8.55. The fraction of sp³-hybridized carbons (Fsp3) is 0.0714. The molecule has 0 aliphatic heterocycles. The molecule has 0 saturated heterocycles. The summed E-state index contributed by atoms with van der Waals surface area (Å²) in [4.78, 5) is 13.8. The molecule has 2 nitrogen and oxygen atoms in total. The highest BCUT2D eigenvalue weighted by atomic mass is 32.1. The molecule has 0 radical (unpaired) electrons. The standard InChI is InChI=1S/C14H11NOS/c15-11-6-7-12(16)10-8-13(17-14(10)11)9-4-2-1-3-5-9/h1-6,8H,7,15H2. The second-order valence-electron chi connectivity index (χ2n) is 4.01. The van der Waals surface area contributed by atoms with Crippen molar-refractivity contribution >= 4 is 22.8 Å². The molecule has 0 amide bonds. The molecule has 0 bridgehead atoms. The summed E-state index contributed by atoms with van der Waals surface area (Å²) in [5, 5.41) is 0. The smallest absolute Gasteiger partial charge is 0.168 e. The fourth-order valence-corrected chi connectivity index (χ4v) is 3.10. The average molecular weight is 241 g/mol. The highest BCUT2D eigenvalue weighted by Crippen LogP contribution is 2.36. The van der Waals surface area contributed by atoms with Gasteiger partial charge in [0.05, 0.1) is 4.88 Å². The van der Waals surface area contributed by atoms with Gasteiger partial charge in [0.25, 0.3) is 0 Å². The van der Waals surface area contributed by atoms with Gasteiger partial charge < -0.3 is 5.73 Å². The highest BCUT2D eigenvalue weighted by molar-refractivity contribution is 7.17. The Morgan fingerprint density at radius 3 is 2.65 bits per heavy atom. The van der Waals surface area contributed by atoms with Crippen molar-refractivity contribution in [3.8, 4) is 10.4 Å². The number of benzene rings is 1. The Hall–Kier alpha value is -1.87. The van der Waals surface area contributed by atoms with Crippen molar-refractivity contribution in [1.29, 1.82) is 0 Å². The topological polar surface area (TPSA) is 43.1 Å². The molecule has 1 aliphatic rings. The van der Waals surface area contributed by atoms with Crippen LogP contribution in [-0.4, -0.2) is 5.78 Å². The molecule has 0 spiro atoms. The van der Waals surface area contributed by atoms with Crippen LogP contribution >= 0.6 is 11.3 Å². The molecule has 84 valence electrons. The van der Waals surface area contributed by atoms with E-state index in [1.54, 1.807) is 17.4 Å².